The Morgan fingerprint density at radius 3 is 2.60 bits per heavy atom. The zero-order chi connectivity index (χ0) is 18.4. The van der Waals surface area contributed by atoms with E-state index >= 15 is 0 Å². The maximum Gasteiger partial charge on any atom is 0.410 e. The molecule has 0 bridgehead atoms. The van der Waals surface area contributed by atoms with Crippen molar-refractivity contribution in [2.24, 2.45) is 5.92 Å². The highest BCUT2D eigenvalue weighted by Gasteiger charge is 2.32. The number of rotatable bonds is 4. The van der Waals surface area contributed by atoms with Gasteiger partial charge in [0.25, 0.3) is 0 Å². The third-order valence-electron chi connectivity index (χ3n) is 4.29. The Bertz CT molecular complexity index is 583. The van der Waals surface area contributed by atoms with Crippen molar-refractivity contribution in [3.8, 4) is 0 Å². The molecule has 2 amide bonds. The molecular weight excluding hydrogens is 320 g/mol. The van der Waals surface area contributed by atoms with E-state index in [0.29, 0.717) is 19.5 Å². The van der Waals surface area contributed by atoms with E-state index in [1.54, 1.807) is 4.90 Å². The van der Waals surface area contributed by atoms with Gasteiger partial charge in [0.2, 0.25) is 0 Å². The van der Waals surface area contributed by atoms with Crippen LogP contribution in [0.4, 0.5) is 9.59 Å². The second-order valence-corrected chi connectivity index (χ2v) is 7.57. The molecule has 138 valence electrons. The van der Waals surface area contributed by atoms with Gasteiger partial charge >= 0.3 is 12.2 Å². The van der Waals surface area contributed by atoms with Crippen molar-refractivity contribution in [2.45, 2.75) is 51.7 Å². The van der Waals surface area contributed by atoms with Crippen molar-refractivity contribution >= 4 is 12.2 Å². The fourth-order valence-corrected chi connectivity index (χ4v) is 3.19. The number of piperidine rings is 1. The molecule has 0 aliphatic carbocycles. The Morgan fingerprint density at radius 1 is 1.32 bits per heavy atom. The topological polar surface area (TPSA) is 78.9 Å². The minimum absolute atomic E-state index is 0.0672. The lowest BCUT2D eigenvalue weighted by atomic mass is 9.87. The maximum absolute atomic E-state index is 12.3. The SMILES string of the molecule is CC(C)(C)OC(=O)N1CCC[C@@H](C(Cc2ccccc2)NC(=O)O)C1. The van der Waals surface area contributed by atoms with Crippen LogP contribution in [0.15, 0.2) is 30.3 Å². The highest BCUT2D eigenvalue weighted by atomic mass is 16.6. The average molecular weight is 348 g/mol. The summed E-state index contributed by atoms with van der Waals surface area (Å²) in [6.07, 6.45) is 0.981. The Morgan fingerprint density at radius 2 is 2.00 bits per heavy atom. The lowest BCUT2D eigenvalue weighted by molar-refractivity contribution is 0.0146. The van der Waals surface area contributed by atoms with E-state index in [1.807, 2.05) is 51.1 Å². The Balaban J connectivity index is 2.05. The highest BCUT2D eigenvalue weighted by Crippen LogP contribution is 2.24. The molecule has 0 spiro atoms. The molecular formula is C19H28N2O4. The van der Waals surface area contributed by atoms with Gasteiger partial charge in [0.1, 0.15) is 5.60 Å². The van der Waals surface area contributed by atoms with Crippen molar-refractivity contribution in [3.05, 3.63) is 35.9 Å². The van der Waals surface area contributed by atoms with E-state index in [1.165, 1.54) is 0 Å². The predicted octanol–water partition coefficient (Wildman–Crippen LogP) is 3.51. The van der Waals surface area contributed by atoms with E-state index in [9.17, 15) is 14.7 Å². The molecule has 2 rings (SSSR count). The summed E-state index contributed by atoms with van der Waals surface area (Å²) in [4.78, 5) is 25.3. The van der Waals surface area contributed by atoms with Crippen molar-refractivity contribution in [1.29, 1.82) is 0 Å². The number of hydrogen-bond acceptors (Lipinski definition) is 3. The van der Waals surface area contributed by atoms with Gasteiger partial charge < -0.3 is 20.1 Å². The van der Waals surface area contributed by atoms with Crippen LogP contribution >= 0.6 is 0 Å². The monoisotopic (exact) mass is 348 g/mol. The normalized spacial score (nSPS) is 19.2. The number of nitrogens with zero attached hydrogens (tertiary/aromatic N) is 1. The third-order valence-corrected chi connectivity index (χ3v) is 4.29. The summed E-state index contributed by atoms with van der Waals surface area (Å²) in [6, 6.07) is 9.58. The average Bonchev–Trinajstić information content (AvgIpc) is 2.53. The molecule has 1 unspecified atom stereocenters. The summed E-state index contributed by atoms with van der Waals surface area (Å²) < 4.78 is 5.45. The van der Waals surface area contributed by atoms with Crippen molar-refractivity contribution < 1.29 is 19.4 Å². The van der Waals surface area contributed by atoms with E-state index in [4.69, 9.17) is 4.74 Å². The van der Waals surface area contributed by atoms with Gasteiger partial charge in [-0.25, -0.2) is 9.59 Å². The summed E-state index contributed by atoms with van der Waals surface area (Å²) >= 11 is 0. The summed E-state index contributed by atoms with van der Waals surface area (Å²) in [5.41, 5.74) is 0.544. The maximum atomic E-state index is 12.3. The quantitative estimate of drug-likeness (QED) is 0.873. The zero-order valence-corrected chi connectivity index (χ0v) is 15.2. The van der Waals surface area contributed by atoms with Crippen molar-refractivity contribution in [1.82, 2.24) is 10.2 Å². The second kappa shape index (κ2) is 8.23. The molecule has 25 heavy (non-hydrogen) atoms. The van der Waals surface area contributed by atoms with Crippen LogP contribution in [0.1, 0.15) is 39.2 Å². The van der Waals surface area contributed by atoms with Gasteiger partial charge in [-0.05, 0) is 51.5 Å². The first-order chi connectivity index (χ1) is 11.7. The van der Waals surface area contributed by atoms with Crippen LogP contribution in [0.2, 0.25) is 0 Å². The fraction of sp³-hybridized carbons (Fsp3) is 0.579. The number of benzene rings is 1. The first-order valence-corrected chi connectivity index (χ1v) is 8.76. The number of hydrogen-bond donors (Lipinski definition) is 2. The molecule has 0 aromatic heterocycles. The predicted molar refractivity (Wildman–Crippen MR) is 95.6 cm³/mol. The van der Waals surface area contributed by atoms with Gasteiger partial charge in [-0.2, -0.15) is 0 Å². The van der Waals surface area contributed by atoms with Crippen molar-refractivity contribution in [3.63, 3.8) is 0 Å². The summed E-state index contributed by atoms with van der Waals surface area (Å²) in [5.74, 6) is 0.0672. The first kappa shape index (κ1) is 19.1. The molecule has 6 nitrogen and oxygen atoms in total. The molecule has 1 aliphatic heterocycles. The molecule has 6 heteroatoms. The standard InChI is InChI=1S/C19H28N2O4/c1-19(2,3)25-18(24)21-11-7-10-15(13-21)16(20-17(22)23)12-14-8-5-4-6-9-14/h4-6,8-9,15-16,20H,7,10-13H2,1-3H3,(H,22,23)/t15-,16?/m1/s1. The molecule has 1 aromatic carbocycles. The number of amides is 2. The van der Waals surface area contributed by atoms with Crippen LogP contribution in [-0.2, 0) is 11.2 Å². The number of carbonyl (C=O) groups is 2. The molecule has 1 aliphatic rings. The largest absolute Gasteiger partial charge is 0.465 e. The molecule has 0 radical (unpaired) electrons. The number of ether oxygens (including phenoxy) is 1. The number of likely N-dealkylation sites (tertiary alicyclic amines) is 1. The lowest BCUT2D eigenvalue weighted by Gasteiger charge is -2.37. The minimum Gasteiger partial charge on any atom is -0.465 e. The molecule has 1 fully saturated rings. The van der Waals surface area contributed by atoms with Crippen LogP contribution in [0.25, 0.3) is 0 Å². The van der Waals surface area contributed by atoms with Gasteiger partial charge in [0.05, 0.1) is 0 Å². The molecule has 0 saturated carbocycles. The molecule has 2 N–H and O–H groups in total. The Kier molecular flexibility index (Phi) is 6.28. The zero-order valence-electron chi connectivity index (χ0n) is 15.2. The summed E-state index contributed by atoms with van der Waals surface area (Å²) in [6.45, 7) is 6.69. The van der Waals surface area contributed by atoms with Crippen LogP contribution in [0.3, 0.4) is 0 Å². The van der Waals surface area contributed by atoms with E-state index in [0.717, 1.165) is 18.4 Å². The van der Waals surface area contributed by atoms with E-state index in [2.05, 4.69) is 5.32 Å². The third kappa shape index (κ3) is 6.29. The first-order valence-electron chi connectivity index (χ1n) is 8.76. The Hall–Kier alpha value is -2.24. The van der Waals surface area contributed by atoms with Crippen LogP contribution in [-0.4, -0.2) is 46.9 Å². The van der Waals surface area contributed by atoms with Gasteiger partial charge in [0.15, 0.2) is 0 Å². The lowest BCUT2D eigenvalue weighted by Crippen LogP contribution is -2.50. The summed E-state index contributed by atoms with van der Waals surface area (Å²) in [7, 11) is 0. The molecule has 1 aromatic rings. The molecule has 1 saturated heterocycles. The van der Waals surface area contributed by atoms with Crippen LogP contribution in [0.5, 0.6) is 0 Å². The minimum atomic E-state index is -1.03. The number of carboxylic acid groups (broad SMARTS) is 1. The number of nitrogens with one attached hydrogen (secondary N) is 1. The van der Waals surface area contributed by atoms with E-state index in [-0.39, 0.29) is 18.1 Å². The van der Waals surface area contributed by atoms with Gasteiger partial charge in [0, 0.05) is 19.1 Å². The fourth-order valence-electron chi connectivity index (χ4n) is 3.19. The van der Waals surface area contributed by atoms with Crippen LogP contribution in [0, 0.1) is 5.92 Å². The van der Waals surface area contributed by atoms with Gasteiger partial charge in [-0.3, -0.25) is 0 Å². The van der Waals surface area contributed by atoms with Crippen molar-refractivity contribution in [2.75, 3.05) is 13.1 Å². The highest BCUT2D eigenvalue weighted by molar-refractivity contribution is 5.68. The smallest absolute Gasteiger partial charge is 0.410 e. The molecule has 2 atom stereocenters. The molecule has 1 heterocycles. The van der Waals surface area contributed by atoms with Crippen LogP contribution < -0.4 is 5.32 Å². The summed E-state index contributed by atoms with van der Waals surface area (Å²) in [5, 5.41) is 11.8. The number of carbonyl (C=O) groups excluding carboxylic acids is 1. The van der Waals surface area contributed by atoms with E-state index < -0.39 is 11.7 Å². The second-order valence-electron chi connectivity index (χ2n) is 7.57. The van der Waals surface area contributed by atoms with Gasteiger partial charge in [-0.15, -0.1) is 0 Å². The van der Waals surface area contributed by atoms with Gasteiger partial charge in [-0.1, -0.05) is 30.3 Å². The Labute approximate surface area is 149 Å².